The molecule has 1 aliphatic heterocycles. The molecule has 8 heteroatoms. The molecular formula is C31H33NO7. The van der Waals surface area contributed by atoms with E-state index in [0.717, 1.165) is 74.7 Å². The SMILES string of the molecule is CCNCOc1cc(OC)c2c3c1ccc1cc4c(c(c13)CC2)C(O)C(c1cc(OC)c(O)c(OC)c1)CO4. The summed E-state index contributed by atoms with van der Waals surface area (Å²) in [5, 5.41) is 29.8. The van der Waals surface area contributed by atoms with E-state index >= 15 is 0 Å². The first-order chi connectivity index (χ1) is 19.0. The Kier molecular flexibility index (Phi) is 6.53. The summed E-state index contributed by atoms with van der Waals surface area (Å²) in [4.78, 5) is 0. The van der Waals surface area contributed by atoms with Gasteiger partial charge in [0, 0.05) is 33.9 Å². The Labute approximate surface area is 227 Å². The van der Waals surface area contributed by atoms with Gasteiger partial charge in [0.1, 0.15) is 24.0 Å². The van der Waals surface area contributed by atoms with Crippen molar-refractivity contribution in [3.63, 3.8) is 0 Å². The van der Waals surface area contributed by atoms with Crippen LogP contribution in [0.1, 0.15) is 41.2 Å². The molecule has 0 radical (unpaired) electrons. The van der Waals surface area contributed by atoms with Crippen LogP contribution in [0.15, 0.2) is 36.4 Å². The van der Waals surface area contributed by atoms with Crippen molar-refractivity contribution in [2.24, 2.45) is 0 Å². The third kappa shape index (κ3) is 3.97. The van der Waals surface area contributed by atoms with E-state index in [9.17, 15) is 10.2 Å². The van der Waals surface area contributed by atoms with Crippen LogP contribution in [0.5, 0.6) is 34.5 Å². The van der Waals surface area contributed by atoms with Crippen LogP contribution in [0.2, 0.25) is 0 Å². The molecule has 0 bridgehead atoms. The van der Waals surface area contributed by atoms with E-state index in [1.54, 1.807) is 19.2 Å². The van der Waals surface area contributed by atoms with Gasteiger partial charge < -0.3 is 33.9 Å². The molecule has 2 unspecified atom stereocenters. The third-order valence-electron chi connectivity index (χ3n) is 7.99. The summed E-state index contributed by atoms with van der Waals surface area (Å²) in [6, 6.07) is 11.7. The normalized spacial score (nSPS) is 17.7. The Balaban J connectivity index is 1.54. The third-order valence-corrected chi connectivity index (χ3v) is 7.99. The Hall–Kier alpha value is -3.88. The van der Waals surface area contributed by atoms with E-state index in [2.05, 4.69) is 17.4 Å². The van der Waals surface area contributed by atoms with Crippen molar-refractivity contribution in [1.29, 1.82) is 0 Å². The molecule has 0 saturated heterocycles. The monoisotopic (exact) mass is 531 g/mol. The highest BCUT2D eigenvalue weighted by Gasteiger charge is 2.36. The molecule has 2 atom stereocenters. The zero-order chi connectivity index (χ0) is 27.3. The number of methoxy groups -OCH3 is 3. The van der Waals surface area contributed by atoms with Gasteiger partial charge >= 0.3 is 0 Å². The fourth-order valence-corrected chi connectivity index (χ4v) is 6.10. The standard InChI is InChI=1S/C31H33NO7/c1-5-32-15-39-23-13-22(35-2)18-8-9-20-27-16(6-7-19(23)28(18)27)10-24-29(20)30(33)21(14-38-24)17-11-25(36-3)31(34)26(12-17)37-4/h6-7,10-13,21,30,32-34H,5,8-9,14-15H2,1-4H3. The van der Waals surface area contributed by atoms with Gasteiger partial charge in [0.05, 0.1) is 34.0 Å². The smallest absolute Gasteiger partial charge is 0.200 e. The highest BCUT2D eigenvalue weighted by molar-refractivity contribution is 6.15. The van der Waals surface area contributed by atoms with Gasteiger partial charge in [-0.2, -0.15) is 0 Å². The molecule has 4 aromatic rings. The fourth-order valence-electron chi connectivity index (χ4n) is 6.10. The van der Waals surface area contributed by atoms with Gasteiger partial charge in [0.2, 0.25) is 5.75 Å². The van der Waals surface area contributed by atoms with Gasteiger partial charge in [-0.1, -0.05) is 13.0 Å². The zero-order valence-electron chi connectivity index (χ0n) is 22.6. The molecule has 1 heterocycles. The quantitative estimate of drug-likeness (QED) is 0.166. The minimum Gasteiger partial charge on any atom is -0.502 e. The lowest BCUT2D eigenvalue weighted by Crippen LogP contribution is -2.26. The zero-order valence-corrected chi connectivity index (χ0v) is 22.6. The van der Waals surface area contributed by atoms with Crippen LogP contribution < -0.4 is 29.0 Å². The Bertz CT molecular complexity index is 1560. The highest BCUT2D eigenvalue weighted by Crippen LogP contribution is 2.52. The second kappa shape index (κ2) is 10.0. The molecule has 204 valence electrons. The molecule has 39 heavy (non-hydrogen) atoms. The molecule has 1 aliphatic carbocycles. The minimum atomic E-state index is -0.820. The molecular weight excluding hydrogens is 498 g/mol. The molecule has 0 fully saturated rings. The maximum atomic E-state index is 11.9. The van der Waals surface area contributed by atoms with Crippen LogP contribution in [0, 0.1) is 0 Å². The van der Waals surface area contributed by atoms with Crippen LogP contribution in [-0.4, -0.2) is 51.4 Å². The Morgan fingerprint density at radius 1 is 0.897 bits per heavy atom. The van der Waals surface area contributed by atoms with Crippen LogP contribution in [0.4, 0.5) is 0 Å². The number of rotatable bonds is 8. The van der Waals surface area contributed by atoms with Crippen molar-refractivity contribution in [3.8, 4) is 34.5 Å². The largest absolute Gasteiger partial charge is 0.502 e. The van der Waals surface area contributed by atoms with E-state index in [0.29, 0.717) is 12.5 Å². The molecule has 0 amide bonds. The molecule has 2 aliphatic rings. The average molecular weight is 532 g/mol. The van der Waals surface area contributed by atoms with E-state index in [1.165, 1.54) is 14.2 Å². The molecule has 6 rings (SSSR count). The lowest BCUT2D eigenvalue weighted by Gasteiger charge is -2.35. The predicted octanol–water partition coefficient (Wildman–Crippen LogP) is 4.98. The first kappa shape index (κ1) is 25.4. The molecule has 0 aromatic heterocycles. The fraction of sp³-hybridized carbons (Fsp3) is 0.355. The van der Waals surface area contributed by atoms with Crippen molar-refractivity contribution >= 4 is 21.5 Å². The van der Waals surface area contributed by atoms with Gasteiger partial charge in [0.15, 0.2) is 11.5 Å². The molecule has 0 spiro atoms. The lowest BCUT2D eigenvalue weighted by atomic mass is 9.78. The van der Waals surface area contributed by atoms with E-state index in [4.69, 9.17) is 23.7 Å². The van der Waals surface area contributed by atoms with E-state index in [-0.39, 0.29) is 29.8 Å². The summed E-state index contributed by atoms with van der Waals surface area (Å²) >= 11 is 0. The number of aliphatic hydroxyl groups excluding tert-OH is 1. The Morgan fingerprint density at radius 3 is 2.31 bits per heavy atom. The van der Waals surface area contributed by atoms with Crippen molar-refractivity contribution in [2.75, 3.05) is 41.2 Å². The van der Waals surface area contributed by atoms with E-state index < -0.39 is 6.10 Å². The number of benzene rings is 4. The topological polar surface area (TPSA) is 98.6 Å². The van der Waals surface area contributed by atoms with Gasteiger partial charge in [-0.05, 0) is 65.6 Å². The molecule has 0 saturated carbocycles. The van der Waals surface area contributed by atoms with Crippen molar-refractivity contribution in [3.05, 3.63) is 58.7 Å². The van der Waals surface area contributed by atoms with Gasteiger partial charge in [-0.3, -0.25) is 5.32 Å². The summed E-state index contributed by atoms with van der Waals surface area (Å²) in [6.45, 7) is 3.53. The maximum Gasteiger partial charge on any atom is 0.200 e. The van der Waals surface area contributed by atoms with Crippen LogP contribution >= 0.6 is 0 Å². The highest BCUT2D eigenvalue weighted by atomic mass is 16.5. The maximum absolute atomic E-state index is 11.9. The number of aliphatic hydroxyl groups is 1. The number of aryl methyl sites for hydroxylation is 2. The number of hydrogen-bond donors (Lipinski definition) is 3. The number of phenolic OH excluding ortho intramolecular Hbond substituents is 1. The van der Waals surface area contributed by atoms with E-state index in [1.807, 2.05) is 19.1 Å². The number of ether oxygens (including phenoxy) is 5. The summed E-state index contributed by atoms with van der Waals surface area (Å²) < 4.78 is 29.0. The number of phenols is 1. The number of aromatic hydroxyl groups is 1. The molecule has 8 nitrogen and oxygen atoms in total. The van der Waals surface area contributed by atoms with Crippen LogP contribution in [0.25, 0.3) is 21.5 Å². The number of fused-ring (bicyclic) bond motifs is 2. The van der Waals surface area contributed by atoms with Crippen molar-refractivity contribution < 1.29 is 33.9 Å². The first-order valence-corrected chi connectivity index (χ1v) is 13.2. The summed E-state index contributed by atoms with van der Waals surface area (Å²) in [5.41, 5.74) is 3.81. The number of nitrogens with one attached hydrogen (secondary N) is 1. The summed E-state index contributed by atoms with van der Waals surface area (Å²) in [5.74, 6) is 2.40. The predicted molar refractivity (Wildman–Crippen MR) is 149 cm³/mol. The first-order valence-electron chi connectivity index (χ1n) is 13.2. The Morgan fingerprint density at radius 2 is 1.62 bits per heavy atom. The van der Waals surface area contributed by atoms with Crippen LogP contribution in [0.3, 0.4) is 0 Å². The van der Waals surface area contributed by atoms with Gasteiger partial charge in [-0.25, -0.2) is 0 Å². The summed E-state index contributed by atoms with van der Waals surface area (Å²) in [6.07, 6.45) is 0.697. The minimum absolute atomic E-state index is 0.0726. The molecule has 4 aromatic carbocycles. The lowest BCUT2D eigenvalue weighted by molar-refractivity contribution is 0.0880. The van der Waals surface area contributed by atoms with Crippen LogP contribution in [-0.2, 0) is 12.8 Å². The second-order valence-corrected chi connectivity index (χ2v) is 9.94. The summed E-state index contributed by atoms with van der Waals surface area (Å²) in [7, 11) is 4.67. The van der Waals surface area contributed by atoms with Gasteiger partial charge in [0.25, 0.3) is 0 Å². The number of hydrogen-bond acceptors (Lipinski definition) is 8. The van der Waals surface area contributed by atoms with Gasteiger partial charge in [-0.15, -0.1) is 0 Å². The average Bonchev–Trinajstić information content (AvgIpc) is 2.96. The van der Waals surface area contributed by atoms with Crippen molar-refractivity contribution in [2.45, 2.75) is 31.8 Å². The van der Waals surface area contributed by atoms with Crippen molar-refractivity contribution in [1.82, 2.24) is 5.32 Å². The molecule has 3 N–H and O–H groups in total. The second-order valence-electron chi connectivity index (χ2n) is 9.94.